The van der Waals surface area contributed by atoms with Crippen LogP contribution in [0.1, 0.15) is 2.85 Å². The second-order valence-electron chi connectivity index (χ2n) is 1.96. The van der Waals surface area contributed by atoms with Gasteiger partial charge in [-0.3, -0.25) is 4.55 Å². The summed E-state index contributed by atoms with van der Waals surface area (Å²) in [4.78, 5) is 0. The van der Waals surface area contributed by atoms with E-state index in [0.717, 1.165) is 24.3 Å². The first-order chi connectivity index (χ1) is 5.47. The minimum Gasteiger partial charge on any atom is -1.00 e. The molecule has 0 amide bonds. The number of hydrogen-bond acceptors (Lipinski definition) is 3. The normalized spacial score (nSPS) is 10.3. The second kappa shape index (κ2) is 4.75. The van der Waals surface area contributed by atoms with Gasteiger partial charge in [-0.25, -0.2) is 4.39 Å². The number of halogens is 1. The average molecular weight is 218 g/mol. The summed E-state index contributed by atoms with van der Waals surface area (Å²) in [6.07, 6.45) is 0. The van der Waals surface area contributed by atoms with Crippen LogP contribution in [-0.4, -0.2) is 36.0 Å². The molecule has 13 heavy (non-hydrogen) atoms. The van der Waals surface area contributed by atoms with Crippen molar-refractivity contribution in [1.82, 2.24) is 0 Å². The molecule has 0 spiro atoms. The van der Waals surface area contributed by atoms with E-state index in [-0.39, 0.29) is 31.7 Å². The van der Waals surface area contributed by atoms with Crippen LogP contribution in [0.3, 0.4) is 0 Å². The van der Waals surface area contributed by atoms with Gasteiger partial charge >= 0.3 is 33.5 Å². The summed E-state index contributed by atoms with van der Waals surface area (Å²) in [7, 11) is -4.51. The third-order valence-electron chi connectivity index (χ3n) is 1.02. The fourth-order valence-electron chi connectivity index (χ4n) is 0.612. The van der Waals surface area contributed by atoms with Crippen LogP contribution in [0.5, 0.6) is 5.75 Å². The summed E-state index contributed by atoms with van der Waals surface area (Å²) in [6.45, 7) is 0. The molecule has 1 aromatic carbocycles. The van der Waals surface area contributed by atoms with Crippen molar-refractivity contribution in [2.24, 2.45) is 0 Å². The Morgan fingerprint density at radius 3 is 2.15 bits per heavy atom. The van der Waals surface area contributed by atoms with Gasteiger partial charge in [-0.2, -0.15) is 8.42 Å². The Kier molecular flexibility index (Phi) is 4.61. The molecule has 0 radical (unpaired) electrons. The van der Waals surface area contributed by atoms with Crippen LogP contribution in [0.15, 0.2) is 24.3 Å². The first kappa shape index (κ1) is 12.6. The molecule has 70 valence electrons. The van der Waals surface area contributed by atoms with Gasteiger partial charge in [-0.1, -0.05) is 0 Å². The summed E-state index contributed by atoms with van der Waals surface area (Å²) in [5, 5.41) is 0. The van der Waals surface area contributed by atoms with Crippen molar-refractivity contribution in [3.63, 3.8) is 0 Å². The molecule has 1 rings (SSSR count). The Morgan fingerprint density at radius 1 is 1.31 bits per heavy atom. The van der Waals surface area contributed by atoms with Crippen molar-refractivity contribution in [2.75, 3.05) is 0 Å². The van der Waals surface area contributed by atoms with Crippen molar-refractivity contribution in [3.05, 3.63) is 30.1 Å². The molecule has 0 aliphatic rings. The maximum absolute atomic E-state index is 12.3. The van der Waals surface area contributed by atoms with Gasteiger partial charge in [0.2, 0.25) is 0 Å². The quantitative estimate of drug-likeness (QED) is 0.590. The van der Waals surface area contributed by atoms with Crippen molar-refractivity contribution >= 4 is 33.5 Å². The topological polar surface area (TPSA) is 63.6 Å². The fourth-order valence-corrected chi connectivity index (χ4v) is 0.966. The van der Waals surface area contributed by atoms with E-state index >= 15 is 0 Å². The van der Waals surface area contributed by atoms with Crippen LogP contribution in [0, 0.1) is 5.82 Å². The maximum Gasteiger partial charge on any atom is 2.00 e. The van der Waals surface area contributed by atoms with Crippen molar-refractivity contribution in [2.45, 2.75) is 0 Å². The zero-order valence-electron chi connectivity index (χ0n) is 8.47. The Bertz CT molecular complexity index is 369. The third kappa shape index (κ3) is 5.04. The van der Waals surface area contributed by atoms with Crippen LogP contribution in [0.25, 0.3) is 0 Å². The monoisotopic (exact) mass is 218 g/mol. The molecule has 0 saturated carbocycles. The molecule has 0 bridgehead atoms. The Hall–Kier alpha value is -0.374. The SMILES string of the molecule is O=S(=O)(O)Oc1ccc(F)cc1.[H-].[H-].[Mg+2]. The van der Waals surface area contributed by atoms with Crippen LogP contribution in [0.4, 0.5) is 4.39 Å². The van der Waals surface area contributed by atoms with Crippen LogP contribution in [-0.2, 0) is 10.4 Å². The molecule has 1 aromatic rings. The Labute approximate surface area is 93.8 Å². The van der Waals surface area contributed by atoms with E-state index < -0.39 is 16.2 Å². The van der Waals surface area contributed by atoms with E-state index in [1.54, 1.807) is 0 Å². The van der Waals surface area contributed by atoms with Crippen LogP contribution < -0.4 is 4.18 Å². The summed E-state index contributed by atoms with van der Waals surface area (Å²) < 4.78 is 44.7. The number of benzene rings is 1. The van der Waals surface area contributed by atoms with Crippen LogP contribution in [0.2, 0.25) is 0 Å². The fraction of sp³-hybridized carbons (Fsp3) is 0. The van der Waals surface area contributed by atoms with Crippen molar-refractivity contribution in [3.8, 4) is 5.75 Å². The maximum atomic E-state index is 12.3. The molecule has 0 aliphatic heterocycles. The van der Waals surface area contributed by atoms with E-state index in [0.29, 0.717) is 0 Å². The molecule has 1 N–H and O–H groups in total. The predicted molar refractivity (Wildman–Crippen MR) is 46.6 cm³/mol. The zero-order valence-corrected chi connectivity index (χ0v) is 8.71. The van der Waals surface area contributed by atoms with Gasteiger partial charge in [0.1, 0.15) is 11.6 Å². The standard InChI is InChI=1S/C6H5FO4S.Mg.2H/c7-5-1-3-6(4-2-5)11-12(8,9)10;;;/h1-4H,(H,8,9,10);;;/q;+2;2*-1. The van der Waals surface area contributed by atoms with Gasteiger partial charge < -0.3 is 7.04 Å². The molecule has 0 aliphatic carbocycles. The molecule has 0 aromatic heterocycles. The van der Waals surface area contributed by atoms with Crippen molar-refractivity contribution < 1.29 is 24.4 Å². The van der Waals surface area contributed by atoms with Crippen molar-refractivity contribution in [1.29, 1.82) is 0 Å². The van der Waals surface area contributed by atoms with Gasteiger partial charge in [0, 0.05) is 0 Å². The molecule has 0 heterocycles. The van der Waals surface area contributed by atoms with Crippen LogP contribution >= 0.6 is 0 Å². The number of hydrogen-bond donors (Lipinski definition) is 1. The Morgan fingerprint density at radius 2 is 1.77 bits per heavy atom. The van der Waals surface area contributed by atoms with E-state index in [4.69, 9.17) is 4.55 Å². The molecular formula is C6H7FMgO4S. The molecule has 0 atom stereocenters. The molecule has 0 saturated heterocycles. The Balaban J connectivity index is -0.000000480. The average Bonchev–Trinajstić information content (AvgIpc) is 1.91. The zero-order chi connectivity index (χ0) is 9.19. The van der Waals surface area contributed by atoms with Gasteiger partial charge in [0.25, 0.3) is 0 Å². The van der Waals surface area contributed by atoms with E-state index in [2.05, 4.69) is 4.18 Å². The van der Waals surface area contributed by atoms with Gasteiger partial charge in [0.15, 0.2) is 0 Å². The van der Waals surface area contributed by atoms with Gasteiger partial charge in [-0.05, 0) is 24.3 Å². The molecule has 4 nitrogen and oxygen atoms in total. The third-order valence-corrected chi connectivity index (χ3v) is 1.42. The predicted octanol–water partition coefficient (Wildman–Crippen LogP) is 0.851. The summed E-state index contributed by atoms with van der Waals surface area (Å²) in [5.41, 5.74) is 0. The van der Waals surface area contributed by atoms with Gasteiger partial charge in [0.05, 0.1) is 0 Å². The molecular weight excluding hydrogens is 211 g/mol. The summed E-state index contributed by atoms with van der Waals surface area (Å²) in [6, 6.07) is 4.20. The first-order valence-corrected chi connectivity index (χ1v) is 4.26. The minimum atomic E-state index is -4.51. The van der Waals surface area contributed by atoms with E-state index in [9.17, 15) is 12.8 Å². The van der Waals surface area contributed by atoms with Gasteiger partial charge in [-0.15, -0.1) is 0 Å². The molecule has 7 heteroatoms. The smallest absolute Gasteiger partial charge is 1.00 e. The summed E-state index contributed by atoms with van der Waals surface area (Å²) in [5.74, 6) is -0.656. The largest absolute Gasteiger partial charge is 2.00 e. The summed E-state index contributed by atoms with van der Waals surface area (Å²) >= 11 is 0. The molecule has 0 fully saturated rings. The minimum absolute atomic E-state index is 0. The molecule has 0 unspecified atom stereocenters. The number of rotatable bonds is 2. The second-order valence-corrected chi connectivity index (χ2v) is 2.99. The first-order valence-electron chi connectivity index (χ1n) is 2.90. The van der Waals surface area contributed by atoms with E-state index in [1.165, 1.54) is 0 Å². The van der Waals surface area contributed by atoms with E-state index in [1.807, 2.05) is 0 Å².